The van der Waals surface area contributed by atoms with Crippen LogP contribution in [0.4, 0.5) is 0 Å². The van der Waals surface area contributed by atoms with Gasteiger partial charge < -0.3 is 9.84 Å². The van der Waals surface area contributed by atoms with Crippen LogP contribution in [0.2, 0.25) is 0 Å². The predicted molar refractivity (Wildman–Crippen MR) is 107 cm³/mol. The number of fused-ring (bicyclic) bond motifs is 3. The molecule has 5 nitrogen and oxygen atoms in total. The van der Waals surface area contributed by atoms with Crippen LogP contribution in [-0.2, 0) is 6.42 Å². The molecule has 2 atom stereocenters. The second kappa shape index (κ2) is 7.55. The van der Waals surface area contributed by atoms with Crippen LogP contribution in [0, 0.1) is 5.92 Å². The lowest BCUT2D eigenvalue weighted by Crippen LogP contribution is -2.45. The van der Waals surface area contributed by atoms with Gasteiger partial charge in [0.2, 0.25) is 0 Å². The van der Waals surface area contributed by atoms with Gasteiger partial charge in [0.15, 0.2) is 0 Å². The molecule has 3 rings (SSSR count). The summed E-state index contributed by atoms with van der Waals surface area (Å²) in [6.45, 7) is 8.51. The Morgan fingerprint density at radius 2 is 2.15 bits per heavy atom. The number of aromatic hydroxyl groups is 1. The summed E-state index contributed by atoms with van der Waals surface area (Å²) >= 11 is 0. The smallest absolute Gasteiger partial charge is 0.269 e. The molecule has 0 spiro atoms. The molecule has 5 heteroatoms. The highest BCUT2D eigenvalue weighted by molar-refractivity contribution is 5.99. The first-order valence-corrected chi connectivity index (χ1v) is 10.1. The SMILES string of the molecule is CCCCCc1cc2c(c(O)c1C(=O)NN)C1C=C(C)CC[C@H]1C(C)(C)O2. The highest BCUT2D eigenvalue weighted by atomic mass is 16.5. The molecule has 148 valence electrons. The Labute approximate surface area is 161 Å². The average Bonchev–Trinajstić information content (AvgIpc) is 2.60. The molecule has 1 aliphatic carbocycles. The van der Waals surface area contributed by atoms with E-state index in [1.807, 2.05) is 6.07 Å². The lowest BCUT2D eigenvalue weighted by Gasteiger charge is -2.46. The molecule has 1 heterocycles. The van der Waals surface area contributed by atoms with Gasteiger partial charge in [0.25, 0.3) is 5.91 Å². The second-order valence-electron chi connectivity index (χ2n) is 8.49. The van der Waals surface area contributed by atoms with E-state index in [2.05, 4.69) is 39.2 Å². The summed E-state index contributed by atoms with van der Waals surface area (Å²) in [7, 11) is 0. The molecule has 1 aliphatic heterocycles. The van der Waals surface area contributed by atoms with Crippen LogP contribution in [-0.4, -0.2) is 16.6 Å². The van der Waals surface area contributed by atoms with Crippen LogP contribution >= 0.6 is 0 Å². The number of carbonyl (C=O) groups is 1. The number of phenolic OH excluding ortho intramolecular Hbond substituents is 1. The van der Waals surface area contributed by atoms with Crippen LogP contribution in [0.1, 0.15) is 87.2 Å². The van der Waals surface area contributed by atoms with Gasteiger partial charge in [-0.25, -0.2) is 5.84 Å². The zero-order valence-corrected chi connectivity index (χ0v) is 16.9. The minimum atomic E-state index is -0.445. The highest BCUT2D eigenvalue weighted by Gasteiger charge is 2.46. The fourth-order valence-corrected chi connectivity index (χ4v) is 4.70. The third-order valence-corrected chi connectivity index (χ3v) is 6.14. The number of hydrazine groups is 1. The quantitative estimate of drug-likeness (QED) is 0.236. The summed E-state index contributed by atoms with van der Waals surface area (Å²) in [5.74, 6) is 6.01. The summed E-state index contributed by atoms with van der Waals surface area (Å²) in [5.41, 5.74) is 5.03. The molecule has 1 unspecified atom stereocenters. The van der Waals surface area contributed by atoms with E-state index in [-0.39, 0.29) is 23.2 Å². The monoisotopic (exact) mass is 372 g/mol. The number of amides is 1. The van der Waals surface area contributed by atoms with Gasteiger partial charge in [-0.3, -0.25) is 10.2 Å². The molecule has 1 aromatic rings. The minimum absolute atomic E-state index is 0.0263. The minimum Gasteiger partial charge on any atom is -0.507 e. The van der Waals surface area contributed by atoms with Crippen molar-refractivity contribution in [3.05, 3.63) is 34.4 Å². The predicted octanol–water partition coefficient (Wildman–Crippen LogP) is 4.34. The number of hydrogen-bond donors (Lipinski definition) is 3. The van der Waals surface area contributed by atoms with Crippen LogP contribution in [0.25, 0.3) is 0 Å². The molecule has 2 aliphatic rings. The van der Waals surface area contributed by atoms with E-state index in [4.69, 9.17) is 10.6 Å². The number of ether oxygens (including phenoxy) is 1. The number of rotatable bonds is 5. The van der Waals surface area contributed by atoms with E-state index in [1.54, 1.807) is 0 Å². The normalized spacial score (nSPS) is 22.9. The number of benzene rings is 1. The fourth-order valence-electron chi connectivity index (χ4n) is 4.70. The number of allylic oxidation sites excluding steroid dienone is 2. The number of unbranched alkanes of at least 4 members (excludes halogenated alkanes) is 2. The zero-order valence-electron chi connectivity index (χ0n) is 16.9. The summed E-state index contributed by atoms with van der Waals surface area (Å²) in [5, 5.41) is 11.1. The summed E-state index contributed by atoms with van der Waals surface area (Å²) < 4.78 is 6.37. The number of carbonyl (C=O) groups excluding carboxylic acids is 1. The molecule has 4 N–H and O–H groups in total. The average molecular weight is 373 g/mol. The van der Waals surface area contributed by atoms with Gasteiger partial charge in [0.1, 0.15) is 17.1 Å². The van der Waals surface area contributed by atoms with Crippen molar-refractivity contribution in [1.29, 1.82) is 0 Å². The topological polar surface area (TPSA) is 84.6 Å². The van der Waals surface area contributed by atoms with Crippen LogP contribution in [0.15, 0.2) is 17.7 Å². The first-order chi connectivity index (χ1) is 12.8. The Bertz CT molecular complexity index is 767. The van der Waals surface area contributed by atoms with Crippen molar-refractivity contribution in [2.75, 3.05) is 0 Å². The Morgan fingerprint density at radius 3 is 2.81 bits per heavy atom. The maximum atomic E-state index is 12.5. The number of aryl methyl sites for hydroxylation is 1. The van der Waals surface area contributed by atoms with Crippen molar-refractivity contribution in [2.45, 2.75) is 77.7 Å². The number of nitrogens with one attached hydrogen (secondary N) is 1. The number of nitrogen functional groups attached to an aromatic ring is 1. The number of nitrogens with two attached hydrogens (primary N) is 1. The molecule has 1 aromatic carbocycles. The van der Waals surface area contributed by atoms with Crippen molar-refractivity contribution >= 4 is 5.91 Å². The Morgan fingerprint density at radius 1 is 1.41 bits per heavy atom. The van der Waals surface area contributed by atoms with Gasteiger partial charge in [-0.05, 0) is 58.1 Å². The van der Waals surface area contributed by atoms with Gasteiger partial charge >= 0.3 is 0 Å². The third-order valence-electron chi connectivity index (χ3n) is 6.14. The van der Waals surface area contributed by atoms with Crippen molar-refractivity contribution in [3.63, 3.8) is 0 Å². The van der Waals surface area contributed by atoms with Gasteiger partial charge in [-0.2, -0.15) is 0 Å². The molecule has 27 heavy (non-hydrogen) atoms. The number of hydrogen-bond acceptors (Lipinski definition) is 4. The summed E-state index contributed by atoms with van der Waals surface area (Å²) in [6.07, 6.45) is 8.11. The van der Waals surface area contributed by atoms with Crippen LogP contribution in [0.3, 0.4) is 0 Å². The van der Waals surface area contributed by atoms with Gasteiger partial charge in [0.05, 0.1) is 5.56 Å². The van der Waals surface area contributed by atoms with E-state index >= 15 is 0 Å². The lowest BCUT2D eigenvalue weighted by atomic mass is 9.67. The van der Waals surface area contributed by atoms with E-state index in [9.17, 15) is 9.90 Å². The molecule has 0 fully saturated rings. The molecule has 0 bridgehead atoms. The maximum Gasteiger partial charge on any atom is 0.269 e. The van der Waals surface area contributed by atoms with Gasteiger partial charge in [0, 0.05) is 17.4 Å². The van der Waals surface area contributed by atoms with Crippen LogP contribution in [0.5, 0.6) is 11.5 Å². The Hall–Kier alpha value is -2.01. The lowest BCUT2D eigenvalue weighted by molar-refractivity contribution is 0.0107. The summed E-state index contributed by atoms with van der Waals surface area (Å²) in [4.78, 5) is 12.5. The van der Waals surface area contributed by atoms with E-state index in [0.29, 0.717) is 17.7 Å². The van der Waals surface area contributed by atoms with E-state index < -0.39 is 5.91 Å². The van der Waals surface area contributed by atoms with Gasteiger partial charge in [-0.15, -0.1) is 0 Å². The molecule has 1 amide bonds. The zero-order chi connectivity index (χ0) is 19.8. The number of phenols is 1. The van der Waals surface area contributed by atoms with Crippen molar-refractivity contribution in [2.24, 2.45) is 11.8 Å². The van der Waals surface area contributed by atoms with Crippen LogP contribution < -0.4 is 16.0 Å². The first kappa shape index (κ1) is 19.7. The van der Waals surface area contributed by atoms with E-state index in [1.165, 1.54) is 5.57 Å². The van der Waals surface area contributed by atoms with Crippen molar-refractivity contribution in [1.82, 2.24) is 5.43 Å². The Kier molecular flexibility index (Phi) is 5.52. The largest absolute Gasteiger partial charge is 0.507 e. The standard InChI is InChI=1S/C22H32N2O3/c1-5-6-7-8-14-12-17-19(20(25)18(14)21(26)24-23)15-11-13(2)9-10-16(15)22(3,4)27-17/h11-12,15-16,25H,5-10,23H2,1-4H3,(H,24,26)/t15?,16-/m1/s1. The molecular weight excluding hydrogens is 340 g/mol. The first-order valence-electron chi connectivity index (χ1n) is 10.1. The third kappa shape index (κ3) is 3.57. The maximum absolute atomic E-state index is 12.5. The van der Waals surface area contributed by atoms with Gasteiger partial charge in [-0.1, -0.05) is 31.4 Å². The Balaban J connectivity index is 2.16. The molecule has 0 saturated heterocycles. The summed E-state index contributed by atoms with van der Waals surface area (Å²) in [6, 6.07) is 1.95. The second-order valence-corrected chi connectivity index (χ2v) is 8.49. The molecule has 0 radical (unpaired) electrons. The highest BCUT2D eigenvalue weighted by Crippen LogP contribution is 2.54. The molecule has 0 aromatic heterocycles. The molecule has 0 saturated carbocycles. The van der Waals surface area contributed by atoms with Crippen molar-refractivity contribution < 1.29 is 14.6 Å². The van der Waals surface area contributed by atoms with E-state index in [0.717, 1.165) is 43.2 Å². The molecular formula is C22H32N2O3. The fraction of sp³-hybridized carbons (Fsp3) is 0.591. The van der Waals surface area contributed by atoms with Crippen molar-refractivity contribution in [3.8, 4) is 11.5 Å².